The van der Waals surface area contributed by atoms with Crippen LogP contribution in [0.2, 0.25) is 0 Å². The van der Waals surface area contributed by atoms with Gasteiger partial charge in [-0.25, -0.2) is 4.79 Å². The molecule has 0 saturated carbocycles. The van der Waals surface area contributed by atoms with Gasteiger partial charge >= 0.3 is 5.97 Å². The normalized spacial score (nSPS) is 9.18. The Labute approximate surface area is 225 Å². The minimum atomic E-state index is -1.05. The van der Waals surface area contributed by atoms with Crippen LogP contribution in [-0.2, 0) is 0 Å². The number of phenolic OH excluding ortho intramolecular Hbond substituents is 1. The van der Waals surface area contributed by atoms with Crippen molar-refractivity contribution in [2.24, 2.45) is 0 Å². The van der Waals surface area contributed by atoms with Crippen molar-refractivity contribution in [2.45, 2.75) is 0 Å². The number of phenols is 1. The Hall–Kier alpha value is -5.65. The number of aromatic carboxylic acids is 1. The second-order valence-electron chi connectivity index (χ2n) is 7.44. The van der Waals surface area contributed by atoms with Gasteiger partial charge in [-0.2, -0.15) is 0 Å². The van der Waals surface area contributed by atoms with E-state index in [2.05, 4.69) is 0 Å². The summed E-state index contributed by atoms with van der Waals surface area (Å²) in [5.74, 6) is 0.132. The molecular formula is C27H31N5O7. The summed E-state index contributed by atoms with van der Waals surface area (Å²) < 4.78 is 9.75. The molecule has 0 saturated heterocycles. The van der Waals surface area contributed by atoms with Crippen molar-refractivity contribution in [2.75, 3.05) is 37.2 Å². The van der Waals surface area contributed by atoms with E-state index in [-0.39, 0.29) is 28.4 Å². The van der Waals surface area contributed by atoms with Crippen LogP contribution in [0, 0.1) is 10.1 Å². The molecule has 39 heavy (non-hydrogen) atoms. The average molecular weight is 538 g/mol. The molecule has 0 heterocycles. The minimum Gasteiger partial charge on any atom is -0.506 e. The number of benzene rings is 4. The van der Waals surface area contributed by atoms with Gasteiger partial charge in [0.25, 0.3) is 5.69 Å². The topological polar surface area (TPSA) is 223 Å². The SMILES string of the molecule is COc1ccc(N)c(C(=O)O)c1.COc1ccc(N)cc1.Nc1cc([N+](=O)[O-])ccc1O.Nc1ccccc1. The van der Waals surface area contributed by atoms with Crippen LogP contribution in [0.5, 0.6) is 17.2 Å². The van der Waals surface area contributed by atoms with Crippen molar-refractivity contribution in [3.05, 3.63) is 107 Å². The quantitative estimate of drug-likeness (QED) is 0.0925. The number of hydrogen-bond acceptors (Lipinski definition) is 10. The van der Waals surface area contributed by atoms with Gasteiger partial charge < -0.3 is 42.6 Å². The molecule has 0 aliphatic carbocycles. The number of nitro benzene ring substituents is 1. The number of para-hydroxylation sites is 1. The molecule has 0 amide bonds. The number of rotatable bonds is 4. The number of nitrogen functional groups attached to an aromatic ring is 4. The van der Waals surface area contributed by atoms with Gasteiger partial charge in [0, 0.05) is 29.2 Å². The van der Waals surface area contributed by atoms with Crippen molar-refractivity contribution in [3.63, 3.8) is 0 Å². The lowest BCUT2D eigenvalue weighted by Gasteiger charge is -2.03. The van der Waals surface area contributed by atoms with E-state index >= 15 is 0 Å². The number of non-ortho nitro benzene ring substituents is 1. The first-order chi connectivity index (χ1) is 18.5. The lowest BCUT2D eigenvalue weighted by Crippen LogP contribution is -2.02. The van der Waals surface area contributed by atoms with E-state index in [0.717, 1.165) is 23.2 Å². The van der Waals surface area contributed by atoms with Crippen molar-refractivity contribution in [3.8, 4) is 17.2 Å². The third kappa shape index (κ3) is 11.8. The molecule has 0 atom stereocenters. The first-order valence-electron chi connectivity index (χ1n) is 11.1. The van der Waals surface area contributed by atoms with Crippen LogP contribution >= 0.6 is 0 Å². The highest BCUT2D eigenvalue weighted by molar-refractivity contribution is 5.94. The smallest absolute Gasteiger partial charge is 0.337 e. The summed E-state index contributed by atoms with van der Waals surface area (Å²) in [5, 5.41) is 27.7. The Morgan fingerprint density at radius 2 is 1.28 bits per heavy atom. The fourth-order valence-electron chi connectivity index (χ4n) is 2.56. The van der Waals surface area contributed by atoms with Crippen molar-refractivity contribution >= 4 is 34.4 Å². The van der Waals surface area contributed by atoms with E-state index in [9.17, 15) is 14.9 Å². The fraction of sp³-hybridized carbons (Fsp3) is 0.0741. The van der Waals surface area contributed by atoms with Crippen molar-refractivity contribution in [1.29, 1.82) is 0 Å². The van der Waals surface area contributed by atoms with Gasteiger partial charge in [0.1, 0.15) is 17.2 Å². The van der Waals surface area contributed by atoms with Gasteiger partial charge in [-0.3, -0.25) is 10.1 Å². The zero-order valence-electron chi connectivity index (χ0n) is 21.4. The Morgan fingerprint density at radius 3 is 1.72 bits per heavy atom. The van der Waals surface area contributed by atoms with Crippen LogP contribution in [0.3, 0.4) is 0 Å². The van der Waals surface area contributed by atoms with Crippen LogP contribution in [0.4, 0.5) is 28.4 Å². The molecule has 0 aliphatic heterocycles. The molecule has 0 spiro atoms. The maximum absolute atomic E-state index is 10.6. The highest BCUT2D eigenvalue weighted by Crippen LogP contribution is 2.24. The highest BCUT2D eigenvalue weighted by Gasteiger charge is 2.08. The van der Waals surface area contributed by atoms with E-state index in [1.807, 2.05) is 42.5 Å². The van der Waals surface area contributed by atoms with Gasteiger partial charge in [0.05, 0.1) is 30.4 Å². The van der Waals surface area contributed by atoms with E-state index in [1.165, 1.54) is 31.4 Å². The monoisotopic (exact) mass is 537 g/mol. The number of nitro groups is 1. The zero-order chi connectivity index (χ0) is 29.4. The van der Waals surface area contributed by atoms with Gasteiger partial charge in [0.2, 0.25) is 0 Å². The predicted octanol–water partition coefficient (Wildman–Crippen LogP) is 4.40. The number of hydrogen-bond donors (Lipinski definition) is 6. The summed E-state index contributed by atoms with van der Waals surface area (Å²) in [7, 11) is 3.10. The summed E-state index contributed by atoms with van der Waals surface area (Å²) in [6, 6.07) is 24.7. The lowest BCUT2D eigenvalue weighted by molar-refractivity contribution is -0.384. The lowest BCUT2D eigenvalue weighted by atomic mass is 10.2. The third-order valence-electron chi connectivity index (χ3n) is 4.63. The Kier molecular flexibility index (Phi) is 13.0. The van der Waals surface area contributed by atoms with Crippen LogP contribution in [0.1, 0.15) is 10.4 Å². The summed E-state index contributed by atoms with van der Waals surface area (Å²) in [4.78, 5) is 20.1. The number of nitrogens with two attached hydrogens (primary N) is 4. The van der Waals surface area contributed by atoms with Crippen LogP contribution in [0.15, 0.2) is 91.0 Å². The largest absolute Gasteiger partial charge is 0.506 e. The molecule has 0 aromatic heterocycles. The maximum Gasteiger partial charge on any atom is 0.337 e. The fourth-order valence-corrected chi connectivity index (χ4v) is 2.56. The number of methoxy groups -OCH3 is 2. The van der Waals surface area contributed by atoms with E-state index in [4.69, 9.17) is 42.6 Å². The summed E-state index contributed by atoms with van der Waals surface area (Å²) >= 11 is 0. The predicted molar refractivity (Wildman–Crippen MR) is 152 cm³/mol. The van der Waals surface area contributed by atoms with Gasteiger partial charge in [-0.15, -0.1) is 0 Å². The first-order valence-corrected chi connectivity index (χ1v) is 11.1. The Morgan fingerprint density at radius 1 is 0.744 bits per heavy atom. The summed E-state index contributed by atoms with van der Waals surface area (Å²) in [6.07, 6.45) is 0. The molecule has 12 heteroatoms. The summed E-state index contributed by atoms with van der Waals surface area (Å²) in [6.45, 7) is 0. The minimum absolute atomic E-state index is 0.0131. The molecule has 4 rings (SSSR count). The zero-order valence-corrected chi connectivity index (χ0v) is 21.4. The molecule has 0 unspecified atom stereocenters. The second kappa shape index (κ2) is 16.2. The van der Waals surface area contributed by atoms with Gasteiger partial charge in [-0.1, -0.05) is 18.2 Å². The number of anilines is 4. The number of carbonyl (C=O) groups is 1. The average Bonchev–Trinajstić information content (AvgIpc) is 2.92. The second-order valence-corrected chi connectivity index (χ2v) is 7.44. The van der Waals surface area contributed by atoms with Crippen LogP contribution < -0.4 is 32.4 Å². The number of nitrogens with zero attached hydrogens (tertiary/aromatic N) is 1. The summed E-state index contributed by atoms with van der Waals surface area (Å²) in [5.41, 5.74) is 23.2. The van der Waals surface area contributed by atoms with Gasteiger partial charge in [-0.05, 0) is 60.7 Å². The maximum atomic E-state index is 10.6. The van der Waals surface area contributed by atoms with Crippen molar-refractivity contribution < 1.29 is 29.4 Å². The Balaban J connectivity index is 0.000000264. The number of aromatic hydroxyl groups is 1. The Bertz CT molecular complexity index is 1330. The van der Waals surface area contributed by atoms with Crippen molar-refractivity contribution in [1.82, 2.24) is 0 Å². The van der Waals surface area contributed by atoms with E-state index in [1.54, 1.807) is 25.3 Å². The number of ether oxygens (including phenoxy) is 2. The molecular weight excluding hydrogens is 506 g/mol. The molecule has 12 nitrogen and oxygen atoms in total. The molecule has 206 valence electrons. The van der Waals surface area contributed by atoms with E-state index < -0.39 is 10.9 Å². The molecule has 0 bridgehead atoms. The van der Waals surface area contributed by atoms with Crippen LogP contribution in [0.25, 0.3) is 0 Å². The molecule has 0 radical (unpaired) electrons. The third-order valence-corrected chi connectivity index (χ3v) is 4.63. The molecule has 0 aliphatic rings. The molecule has 10 N–H and O–H groups in total. The van der Waals surface area contributed by atoms with Crippen LogP contribution in [-0.4, -0.2) is 35.3 Å². The molecule has 4 aromatic carbocycles. The molecule has 0 fully saturated rings. The first kappa shape index (κ1) is 31.4. The highest BCUT2D eigenvalue weighted by atomic mass is 16.6. The van der Waals surface area contributed by atoms with Gasteiger partial charge in [0.15, 0.2) is 0 Å². The van der Waals surface area contributed by atoms with E-state index in [0.29, 0.717) is 5.75 Å². The molecule has 4 aromatic rings. The number of carboxylic acid groups (broad SMARTS) is 1. The number of carboxylic acids is 1. The standard InChI is InChI=1S/C8H9NO3.C7H9NO.C6H6N2O3.C6H7N/c1-12-5-2-3-7(9)6(4-5)8(10)11;1-9-7-4-2-6(8)3-5-7;7-5-3-4(8(10)11)1-2-6(5)9;7-6-4-2-1-3-5-6/h2-4H,9H2,1H3,(H,10,11);2-5H,8H2,1H3;1-3,9H,7H2;1-5H,7H2.